The van der Waals surface area contributed by atoms with Gasteiger partial charge in [0.25, 0.3) is 0 Å². The highest BCUT2D eigenvalue weighted by atomic mass is 16.7. The Labute approximate surface area is 236 Å². The minimum Gasteiger partial charge on any atom is -0.394 e. The third-order valence-electron chi connectivity index (χ3n) is 10.5. The van der Waals surface area contributed by atoms with Crippen molar-refractivity contribution in [2.45, 2.75) is 135 Å². The van der Waals surface area contributed by atoms with Gasteiger partial charge >= 0.3 is 0 Å². The summed E-state index contributed by atoms with van der Waals surface area (Å²) >= 11 is 0. The van der Waals surface area contributed by atoms with Crippen molar-refractivity contribution in [1.82, 2.24) is 0 Å². The predicted molar refractivity (Wildman–Crippen MR) is 154 cm³/mol. The van der Waals surface area contributed by atoms with E-state index in [1.165, 1.54) is 56.9 Å². The van der Waals surface area contributed by atoms with Crippen LogP contribution >= 0.6 is 0 Å². The summed E-state index contributed by atoms with van der Waals surface area (Å²) in [6.07, 6.45) is 10.9. The largest absolute Gasteiger partial charge is 0.394 e. The van der Waals surface area contributed by atoms with Gasteiger partial charge in [0.1, 0.15) is 24.4 Å². The molecule has 6 heteroatoms. The Morgan fingerprint density at radius 3 is 2.51 bits per heavy atom. The molecular weight excluding hydrogens is 492 g/mol. The second-order valence-electron chi connectivity index (χ2n) is 13.6. The van der Waals surface area contributed by atoms with E-state index in [0.717, 1.165) is 36.2 Å². The highest BCUT2D eigenvalue weighted by Gasteiger charge is 2.50. The lowest BCUT2D eigenvalue weighted by molar-refractivity contribution is -0.311. The van der Waals surface area contributed by atoms with Gasteiger partial charge in [-0.2, -0.15) is 0 Å². The molecule has 0 aromatic heterocycles. The van der Waals surface area contributed by atoms with Gasteiger partial charge in [0, 0.05) is 0 Å². The number of hydrogen-bond donors (Lipinski definition) is 4. The van der Waals surface area contributed by atoms with Gasteiger partial charge in [-0.25, -0.2) is 0 Å². The monoisotopic (exact) mass is 546 g/mol. The van der Waals surface area contributed by atoms with Crippen molar-refractivity contribution >= 4 is 0 Å². The van der Waals surface area contributed by atoms with Gasteiger partial charge in [0.2, 0.25) is 0 Å². The summed E-state index contributed by atoms with van der Waals surface area (Å²) in [5.41, 5.74) is 4.30. The van der Waals surface area contributed by atoms with Crippen LogP contribution in [0.1, 0.15) is 98.3 Å². The molecule has 10 atom stereocenters. The lowest BCUT2D eigenvalue weighted by atomic mass is 9.60. The van der Waals surface area contributed by atoms with E-state index in [0.29, 0.717) is 17.8 Å². The van der Waals surface area contributed by atoms with E-state index in [-0.39, 0.29) is 6.10 Å². The van der Waals surface area contributed by atoms with Crippen LogP contribution in [0, 0.1) is 29.1 Å². The average molecular weight is 547 g/mol. The fraction of sp³-hybridized carbons (Fsp3) is 0.818. The second kappa shape index (κ2) is 13.3. The third-order valence-corrected chi connectivity index (χ3v) is 10.5. The molecule has 1 unspecified atom stereocenters. The zero-order chi connectivity index (χ0) is 28.3. The van der Waals surface area contributed by atoms with Crippen molar-refractivity contribution < 1.29 is 29.9 Å². The first-order chi connectivity index (χ1) is 18.5. The van der Waals surface area contributed by atoms with E-state index in [1.807, 2.05) is 0 Å². The van der Waals surface area contributed by atoms with E-state index in [1.54, 1.807) is 5.57 Å². The van der Waals surface area contributed by atoms with Gasteiger partial charge in [-0.1, -0.05) is 76.8 Å². The van der Waals surface area contributed by atoms with Gasteiger partial charge in [0.05, 0.1) is 12.7 Å². The molecule has 3 saturated carbocycles. The fourth-order valence-electron chi connectivity index (χ4n) is 8.13. The van der Waals surface area contributed by atoms with Crippen molar-refractivity contribution in [3.63, 3.8) is 0 Å². The second-order valence-corrected chi connectivity index (χ2v) is 13.6. The highest BCUT2D eigenvalue weighted by Crippen LogP contribution is 2.60. The first-order valence-electron chi connectivity index (χ1n) is 15.6. The molecule has 4 aliphatic rings. The molecule has 0 spiro atoms. The normalized spacial score (nSPS) is 42.3. The molecule has 1 saturated heterocycles. The molecule has 0 aromatic rings. The number of allylic oxidation sites excluding steroid dienone is 4. The van der Waals surface area contributed by atoms with Crippen LogP contribution in [-0.4, -0.2) is 63.8 Å². The zero-order valence-electron chi connectivity index (χ0n) is 24.7. The van der Waals surface area contributed by atoms with Crippen LogP contribution in [-0.2, 0) is 9.47 Å². The summed E-state index contributed by atoms with van der Waals surface area (Å²) in [6, 6.07) is 0. The number of rotatable bonds is 9. The maximum Gasteiger partial charge on any atom is 0.186 e. The summed E-state index contributed by atoms with van der Waals surface area (Å²) in [7, 11) is 0. The molecule has 4 rings (SSSR count). The average Bonchev–Trinajstić information content (AvgIpc) is 3.26. The lowest BCUT2D eigenvalue weighted by Gasteiger charge is -2.44. The van der Waals surface area contributed by atoms with Crippen LogP contribution in [0.15, 0.2) is 35.5 Å². The molecule has 39 heavy (non-hydrogen) atoms. The first kappa shape index (κ1) is 30.9. The summed E-state index contributed by atoms with van der Waals surface area (Å²) in [4.78, 5) is 0. The maximum atomic E-state index is 10.4. The molecule has 3 aliphatic carbocycles. The van der Waals surface area contributed by atoms with Crippen LogP contribution in [0.2, 0.25) is 0 Å². The van der Waals surface area contributed by atoms with Crippen molar-refractivity contribution in [3.05, 3.63) is 35.5 Å². The molecule has 6 nitrogen and oxygen atoms in total. The minimum atomic E-state index is -1.42. The topological polar surface area (TPSA) is 99.4 Å². The highest BCUT2D eigenvalue weighted by molar-refractivity contribution is 5.36. The van der Waals surface area contributed by atoms with Gasteiger partial charge in [-0.3, -0.25) is 0 Å². The smallest absolute Gasteiger partial charge is 0.186 e. The molecule has 0 bridgehead atoms. The Morgan fingerprint density at radius 1 is 1.03 bits per heavy atom. The molecule has 0 amide bonds. The van der Waals surface area contributed by atoms with E-state index < -0.39 is 37.3 Å². The summed E-state index contributed by atoms with van der Waals surface area (Å²) in [5, 5.41) is 40.1. The van der Waals surface area contributed by atoms with Crippen molar-refractivity contribution in [3.8, 4) is 0 Å². The number of aliphatic hydroxyl groups is 4. The SMILES string of the molecule is C=C1CC[C@@H](O[C@@H]2O[C@H](CO)[C@@H](O)[C@H](O)[C@H]2O)CC1=CC=C1CCC[C@@]2(C)C1CC[C@@H]2[C@H](C)CCCC(C)C. The van der Waals surface area contributed by atoms with Gasteiger partial charge in [-0.05, 0) is 86.0 Å². The van der Waals surface area contributed by atoms with E-state index in [4.69, 9.17) is 9.47 Å². The Bertz CT molecular complexity index is 893. The Balaban J connectivity index is 1.41. The van der Waals surface area contributed by atoms with Gasteiger partial charge in [0.15, 0.2) is 6.29 Å². The van der Waals surface area contributed by atoms with Crippen LogP contribution in [0.3, 0.4) is 0 Å². The van der Waals surface area contributed by atoms with Gasteiger partial charge < -0.3 is 29.9 Å². The summed E-state index contributed by atoms with van der Waals surface area (Å²) < 4.78 is 11.7. The van der Waals surface area contributed by atoms with Crippen molar-refractivity contribution in [2.75, 3.05) is 6.61 Å². The Hall–Kier alpha value is -1.02. The van der Waals surface area contributed by atoms with Crippen LogP contribution < -0.4 is 0 Å². The lowest BCUT2D eigenvalue weighted by Crippen LogP contribution is -2.59. The molecule has 0 aromatic carbocycles. The van der Waals surface area contributed by atoms with Crippen molar-refractivity contribution in [1.29, 1.82) is 0 Å². The van der Waals surface area contributed by atoms with E-state index >= 15 is 0 Å². The Kier molecular flexibility index (Phi) is 10.6. The minimum absolute atomic E-state index is 0.194. The molecule has 0 radical (unpaired) electrons. The summed E-state index contributed by atoms with van der Waals surface area (Å²) in [6.45, 7) is 13.6. The van der Waals surface area contributed by atoms with Crippen molar-refractivity contribution in [2.24, 2.45) is 29.1 Å². The third kappa shape index (κ3) is 6.90. The molecule has 1 aliphatic heterocycles. The van der Waals surface area contributed by atoms with E-state index in [9.17, 15) is 20.4 Å². The zero-order valence-corrected chi connectivity index (χ0v) is 24.7. The van der Waals surface area contributed by atoms with Gasteiger partial charge in [-0.15, -0.1) is 0 Å². The molecule has 1 heterocycles. The molecule has 4 N–H and O–H groups in total. The predicted octanol–water partition coefficient (Wildman–Crippen LogP) is 5.44. The number of aliphatic hydroxyl groups excluding tert-OH is 4. The Morgan fingerprint density at radius 2 is 1.79 bits per heavy atom. The number of ether oxygens (including phenoxy) is 2. The fourth-order valence-corrected chi connectivity index (χ4v) is 8.13. The molecule has 222 valence electrons. The van der Waals surface area contributed by atoms with Crippen LogP contribution in [0.5, 0.6) is 0 Å². The standard InChI is InChI=1S/C33H54O6/c1-20(2)8-6-9-22(4)26-15-16-27-23(10-7-17-33(26,27)5)12-13-24-18-25(14-11-21(24)3)38-32-31(37)30(36)29(35)28(19-34)39-32/h12-13,20,22,25-32,34-37H,3,6-11,14-19H2,1-2,4-5H3/t22-,25-,26-,27?,28-,29-,30+,31-,32-,33-/m1/s1. The molecular formula is C33H54O6. The molecule has 4 fully saturated rings. The maximum absolute atomic E-state index is 10.4. The summed E-state index contributed by atoms with van der Waals surface area (Å²) in [5.74, 6) is 3.05. The number of hydrogen-bond acceptors (Lipinski definition) is 6. The van der Waals surface area contributed by atoms with E-state index in [2.05, 4.69) is 46.4 Å². The number of fused-ring (bicyclic) bond motifs is 1. The van der Waals surface area contributed by atoms with Crippen LogP contribution in [0.25, 0.3) is 0 Å². The van der Waals surface area contributed by atoms with Crippen LogP contribution in [0.4, 0.5) is 0 Å². The first-order valence-corrected chi connectivity index (χ1v) is 15.6. The quantitative estimate of drug-likeness (QED) is 0.307.